The van der Waals surface area contributed by atoms with E-state index in [1.807, 2.05) is 45.0 Å². The molecule has 2 N–H and O–H groups in total. The van der Waals surface area contributed by atoms with Crippen molar-refractivity contribution in [2.75, 3.05) is 43.6 Å². The Hall–Kier alpha value is -4.04. The van der Waals surface area contributed by atoms with E-state index in [1.165, 1.54) is 13.2 Å². The Morgan fingerprint density at radius 1 is 1.06 bits per heavy atom. The molecule has 2 aromatic carbocycles. The number of nitrogens with zero attached hydrogens (tertiary/aromatic N) is 1. The molecule has 1 amide bonds. The third kappa shape index (κ3) is 4.35. The van der Waals surface area contributed by atoms with Crippen LogP contribution in [0.2, 0.25) is 0 Å². The number of rotatable bonds is 5. The molecule has 1 aliphatic rings. The summed E-state index contributed by atoms with van der Waals surface area (Å²) in [7, 11) is 1.54. The smallest absolute Gasteiger partial charge is 0.257 e. The summed E-state index contributed by atoms with van der Waals surface area (Å²) in [6.45, 7) is 8.41. The number of amides is 1. The number of furan rings is 1. The van der Waals surface area contributed by atoms with Gasteiger partial charge in [-0.15, -0.1) is 0 Å². The molecular formula is C28H29N3O5. The highest BCUT2D eigenvalue weighted by Crippen LogP contribution is 2.35. The summed E-state index contributed by atoms with van der Waals surface area (Å²) in [6, 6.07) is 11.0. The largest absolute Gasteiger partial charge is 0.494 e. The zero-order valence-electron chi connectivity index (χ0n) is 20.9. The van der Waals surface area contributed by atoms with Crippen molar-refractivity contribution in [2.24, 2.45) is 0 Å². The normalized spacial score (nSPS) is 13.7. The van der Waals surface area contributed by atoms with Crippen LogP contribution in [0.15, 0.2) is 51.9 Å². The summed E-state index contributed by atoms with van der Waals surface area (Å²) in [5.41, 5.74) is 6.12. The van der Waals surface area contributed by atoms with Crippen molar-refractivity contribution < 1.29 is 18.7 Å². The first kappa shape index (κ1) is 23.7. The average Bonchev–Trinajstić information content (AvgIpc) is 3.21. The SMILES string of the molecule is COc1cc2[nH]c(=O)cc(C)c2cc1NC(=O)c1cc(-c2c(C)coc2C)ccc1N1CCOCC1. The maximum absolute atomic E-state index is 13.8. The average molecular weight is 488 g/mol. The number of carbonyl (C=O) groups is 1. The molecule has 0 unspecified atom stereocenters. The van der Waals surface area contributed by atoms with Gasteiger partial charge in [-0.1, -0.05) is 6.07 Å². The minimum absolute atomic E-state index is 0.185. The first-order chi connectivity index (χ1) is 17.4. The van der Waals surface area contributed by atoms with Crippen LogP contribution < -0.4 is 20.5 Å². The molecule has 8 heteroatoms. The first-order valence-corrected chi connectivity index (χ1v) is 11.9. The van der Waals surface area contributed by atoms with E-state index in [0.717, 1.165) is 39.1 Å². The molecule has 1 aliphatic heterocycles. The number of aryl methyl sites for hydroxylation is 3. The summed E-state index contributed by atoms with van der Waals surface area (Å²) in [5.74, 6) is 1.01. The number of morpholine rings is 1. The number of anilines is 2. The lowest BCUT2D eigenvalue weighted by molar-refractivity contribution is 0.102. The molecule has 186 valence electrons. The Bertz CT molecular complexity index is 1490. The van der Waals surface area contributed by atoms with Crippen molar-refractivity contribution >= 4 is 28.2 Å². The quantitative estimate of drug-likeness (QED) is 0.419. The van der Waals surface area contributed by atoms with Crippen molar-refractivity contribution in [1.82, 2.24) is 4.98 Å². The molecule has 4 aromatic rings. The molecule has 0 atom stereocenters. The molecule has 8 nitrogen and oxygen atoms in total. The third-order valence-electron chi connectivity index (χ3n) is 6.66. The van der Waals surface area contributed by atoms with Gasteiger partial charge in [-0.2, -0.15) is 0 Å². The van der Waals surface area contributed by atoms with Gasteiger partial charge in [-0.05, 0) is 55.7 Å². The van der Waals surface area contributed by atoms with Crippen LogP contribution in [0, 0.1) is 20.8 Å². The summed E-state index contributed by atoms with van der Waals surface area (Å²) < 4.78 is 16.7. The Morgan fingerprint density at radius 3 is 2.53 bits per heavy atom. The second-order valence-electron chi connectivity index (χ2n) is 9.05. The number of benzene rings is 2. The van der Waals surface area contributed by atoms with Crippen LogP contribution in [0.1, 0.15) is 27.2 Å². The molecule has 0 radical (unpaired) electrons. The summed E-state index contributed by atoms with van der Waals surface area (Å²) in [5, 5.41) is 3.89. The number of carbonyl (C=O) groups excluding carboxylic acids is 1. The number of hydrogen-bond acceptors (Lipinski definition) is 6. The number of methoxy groups -OCH3 is 1. The topological polar surface area (TPSA) is 96.8 Å². The highest BCUT2D eigenvalue weighted by Gasteiger charge is 2.22. The predicted octanol–water partition coefficient (Wildman–Crippen LogP) is 4.81. The second kappa shape index (κ2) is 9.54. The van der Waals surface area contributed by atoms with Crippen molar-refractivity contribution in [3.63, 3.8) is 0 Å². The lowest BCUT2D eigenvalue weighted by Crippen LogP contribution is -2.37. The summed E-state index contributed by atoms with van der Waals surface area (Å²) >= 11 is 0. The minimum Gasteiger partial charge on any atom is -0.494 e. The van der Waals surface area contributed by atoms with Crippen LogP contribution in [-0.2, 0) is 4.74 Å². The molecule has 0 aliphatic carbocycles. The number of H-pyrrole nitrogens is 1. The third-order valence-corrected chi connectivity index (χ3v) is 6.66. The Labute approximate surface area is 208 Å². The van der Waals surface area contributed by atoms with Gasteiger partial charge >= 0.3 is 0 Å². The van der Waals surface area contributed by atoms with Crippen molar-refractivity contribution in [3.8, 4) is 16.9 Å². The maximum atomic E-state index is 13.8. The van der Waals surface area contributed by atoms with Crippen molar-refractivity contribution in [3.05, 3.63) is 75.5 Å². The summed E-state index contributed by atoms with van der Waals surface area (Å²) in [6.07, 6.45) is 1.73. The van der Waals surface area contributed by atoms with E-state index in [4.69, 9.17) is 13.9 Å². The number of pyridine rings is 1. The zero-order chi connectivity index (χ0) is 25.4. The number of fused-ring (bicyclic) bond motifs is 1. The number of hydrogen-bond donors (Lipinski definition) is 2. The van der Waals surface area contributed by atoms with Crippen molar-refractivity contribution in [2.45, 2.75) is 20.8 Å². The van der Waals surface area contributed by atoms with Gasteiger partial charge in [0.25, 0.3) is 5.91 Å². The first-order valence-electron chi connectivity index (χ1n) is 11.9. The fourth-order valence-corrected chi connectivity index (χ4v) is 4.87. The van der Waals surface area contributed by atoms with Crippen LogP contribution in [0.5, 0.6) is 5.75 Å². The Balaban J connectivity index is 1.59. The zero-order valence-corrected chi connectivity index (χ0v) is 20.9. The highest BCUT2D eigenvalue weighted by molar-refractivity contribution is 6.10. The fourth-order valence-electron chi connectivity index (χ4n) is 4.87. The van der Waals surface area contributed by atoms with Gasteiger partial charge in [0.15, 0.2) is 0 Å². The van der Waals surface area contributed by atoms with Gasteiger partial charge < -0.3 is 29.1 Å². The molecule has 2 aromatic heterocycles. The van der Waals surface area contributed by atoms with E-state index < -0.39 is 0 Å². The van der Waals surface area contributed by atoms with E-state index >= 15 is 0 Å². The fraction of sp³-hybridized carbons (Fsp3) is 0.286. The Kier molecular flexibility index (Phi) is 6.28. The maximum Gasteiger partial charge on any atom is 0.257 e. The molecule has 0 saturated carbocycles. The lowest BCUT2D eigenvalue weighted by Gasteiger charge is -2.30. The molecule has 1 saturated heterocycles. The van der Waals surface area contributed by atoms with Crippen LogP contribution >= 0.6 is 0 Å². The van der Waals surface area contributed by atoms with E-state index in [2.05, 4.69) is 15.2 Å². The van der Waals surface area contributed by atoms with E-state index in [9.17, 15) is 9.59 Å². The van der Waals surface area contributed by atoms with Crippen molar-refractivity contribution in [1.29, 1.82) is 0 Å². The molecule has 5 rings (SSSR count). The minimum atomic E-state index is -0.253. The second-order valence-corrected chi connectivity index (χ2v) is 9.05. The van der Waals surface area contributed by atoms with Gasteiger partial charge in [0.2, 0.25) is 5.56 Å². The van der Waals surface area contributed by atoms with Crippen LogP contribution in [0.3, 0.4) is 0 Å². The Morgan fingerprint density at radius 2 is 1.83 bits per heavy atom. The standard InChI is InChI=1S/C28H29N3O5/c1-16-11-26(32)29-22-14-25(34-4)23(13-20(16)22)30-28(33)21-12-19(27-17(2)15-36-18(27)3)5-6-24(21)31-7-9-35-10-8-31/h5-6,11-15H,7-10H2,1-4H3,(H,29,32)(H,30,33). The number of aromatic nitrogens is 1. The van der Waals surface area contributed by atoms with Crippen LogP contribution in [0.25, 0.3) is 22.0 Å². The van der Waals surface area contributed by atoms with Crippen LogP contribution in [-0.4, -0.2) is 44.3 Å². The highest BCUT2D eigenvalue weighted by atomic mass is 16.5. The number of nitrogens with one attached hydrogen (secondary N) is 2. The molecule has 36 heavy (non-hydrogen) atoms. The van der Waals surface area contributed by atoms with Crippen LogP contribution in [0.4, 0.5) is 11.4 Å². The van der Waals surface area contributed by atoms with Gasteiger partial charge in [-0.3, -0.25) is 9.59 Å². The summed E-state index contributed by atoms with van der Waals surface area (Å²) in [4.78, 5) is 30.7. The number of aromatic amines is 1. The molecule has 3 heterocycles. The van der Waals surface area contributed by atoms with E-state index in [0.29, 0.717) is 48.8 Å². The van der Waals surface area contributed by atoms with Gasteiger partial charge in [0, 0.05) is 41.9 Å². The van der Waals surface area contributed by atoms with E-state index in [-0.39, 0.29) is 11.5 Å². The molecule has 0 spiro atoms. The monoisotopic (exact) mass is 487 g/mol. The lowest BCUT2D eigenvalue weighted by atomic mass is 9.98. The van der Waals surface area contributed by atoms with Gasteiger partial charge in [0.05, 0.1) is 43.4 Å². The molecular weight excluding hydrogens is 458 g/mol. The van der Waals surface area contributed by atoms with E-state index in [1.54, 1.807) is 12.3 Å². The molecule has 1 fully saturated rings. The van der Waals surface area contributed by atoms with Gasteiger partial charge in [-0.25, -0.2) is 0 Å². The number of ether oxygens (including phenoxy) is 2. The predicted molar refractivity (Wildman–Crippen MR) is 140 cm³/mol. The van der Waals surface area contributed by atoms with Gasteiger partial charge in [0.1, 0.15) is 11.5 Å². The molecule has 0 bridgehead atoms.